The number of oxime groups is 1. The van der Waals surface area contributed by atoms with Gasteiger partial charge in [-0.05, 0) is 55.1 Å². The molecule has 1 aromatic heterocycles. The van der Waals surface area contributed by atoms with Gasteiger partial charge in [0.25, 0.3) is 11.8 Å². The summed E-state index contributed by atoms with van der Waals surface area (Å²) in [6, 6.07) is 11.6. The van der Waals surface area contributed by atoms with Crippen LogP contribution in [0.25, 0.3) is 11.0 Å². The number of nitrogens with one attached hydrogen (secondary N) is 2. The van der Waals surface area contributed by atoms with E-state index in [1.807, 2.05) is 18.0 Å². The molecule has 0 radical (unpaired) electrons. The highest BCUT2D eigenvalue weighted by molar-refractivity contribution is 6.08. The lowest BCUT2D eigenvalue weighted by Gasteiger charge is -2.29. The van der Waals surface area contributed by atoms with Gasteiger partial charge in [0.15, 0.2) is 11.4 Å². The van der Waals surface area contributed by atoms with Crippen molar-refractivity contribution in [1.82, 2.24) is 25.3 Å². The van der Waals surface area contributed by atoms with Gasteiger partial charge in [-0.25, -0.2) is 4.79 Å². The molecule has 1 saturated heterocycles. The predicted molar refractivity (Wildman–Crippen MR) is 151 cm³/mol. The standard InChI is InChI=1S/C29H34N6O6/c1-5-34(6-2)12-11-33(3)25(32-39)18-8-10-23-20(13-18)14-24(41-23)29(27(37)30-28(38)31-29)17-35-16-19-7-9-21(40-4)15-22(19)26(35)36/h7-10,13-15,39H,5-6,11-12,16-17H2,1-4H3,(H2,30,31,37,38)/b32-25+/t29-/m0/s1. The highest BCUT2D eigenvalue weighted by atomic mass is 16.5. The number of methoxy groups -OCH3 is 1. The lowest BCUT2D eigenvalue weighted by molar-refractivity contribution is -0.125. The molecule has 5 rings (SSSR count). The fourth-order valence-corrected chi connectivity index (χ4v) is 5.42. The molecule has 0 aliphatic carbocycles. The van der Waals surface area contributed by atoms with Crippen LogP contribution in [0.1, 0.15) is 41.1 Å². The molecular formula is C29H34N6O6. The Labute approximate surface area is 237 Å². The lowest BCUT2D eigenvalue weighted by atomic mass is 9.95. The number of ether oxygens (including phenoxy) is 1. The molecule has 4 amide bonds. The minimum atomic E-state index is -1.63. The summed E-state index contributed by atoms with van der Waals surface area (Å²) in [5, 5.41) is 19.0. The first-order valence-electron chi connectivity index (χ1n) is 13.5. The van der Waals surface area contributed by atoms with Gasteiger partial charge < -0.3 is 34.4 Å². The summed E-state index contributed by atoms with van der Waals surface area (Å²) in [7, 11) is 3.39. The smallest absolute Gasteiger partial charge is 0.322 e. The minimum absolute atomic E-state index is 0.134. The Morgan fingerprint density at radius 3 is 2.56 bits per heavy atom. The van der Waals surface area contributed by atoms with Crippen molar-refractivity contribution in [3.8, 4) is 5.75 Å². The van der Waals surface area contributed by atoms with Gasteiger partial charge in [-0.15, -0.1) is 0 Å². The van der Waals surface area contributed by atoms with E-state index in [4.69, 9.17) is 9.15 Å². The van der Waals surface area contributed by atoms with Crippen LogP contribution in [0.5, 0.6) is 5.75 Å². The van der Waals surface area contributed by atoms with Crippen LogP contribution in [0.4, 0.5) is 4.79 Å². The molecule has 3 aromatic rings. The van der Waals surface area contributed by atoms with Crippen molar-refractivity contribution >= 4 is 34.7 Å². The average molecular weight is 563 g/mol. The van der Waals surface area contributed by atoms with Gasteiger partial charge in [-0.3, -0.25) is 14.9 Å². The summed E-state index contributed by atoms with van der Waals surface area (Å²) in [6.07, 6.45) is 0. The monoisotopic (exact) mass is 562 g/mol. The highest BCUT2D eigenvalue weighted by Crippen LogP contribution is 2.35. The molecule has 12 nitrogen and oxygen atoms in total. The fraction of sp³-hybridized carbons (Fsp3) is 0.379. The number of amidine groups is 1. The van der Waals surface area contributed by atoms with Crippen LogP contribution in [0.2, 0.25) is 0 Å². The molecule has 3 N–H and O–H groups in total. The highest BCUT2D eigenvalue weighted by Gasteiger charge is 2.53. The Hall–Kier alpha value is -4.58. The number of imide groups is 1. The molecule has 0 spiro atoms. The second kappa shape index (κ2) is 11.1. The Bertz CT molecular complexity index is 1530. The number of hydrogen-bond donors (Lipinski definition) is 3. The van der Waals surface area contributed by atoms with E-state index in [1.54, 1.807) is 36.4 Å². The van der Waals surface area contributed by atoms with Gasteiger partial charge in [0.05, 0.1) is 13.7 Å². The zero-order valence-electron chi connectivity index (χ0n) is 23.6. The zero-order valence-corrected chi connectivity index (χ0v) is 23.6. The number of carbonyl (C=O) groups is 3. The van der Waals surface area contributed by atoms with E-state index in [1.165, 1.54) is 12.0 Å². The van der Waals surface area contributed by atoms with Crippen LogP contribution in [0.15, 0.2) is 52.0 Å². The van der Waals surface area contributed by atoms with Crippen LogP contribution < -0.4 is 15.4 Å². The quantitative estimate of drug-likeness (QED) is 0.113. The number of carbonyl (C=O) groups excluding carboxylic acids is 3. The molecule has 2 aliphatic rings. The maximum absolute atomic E-state index is 13.3. The Morgan fingerprint density at radius 2 is 1.90 bits per heavy atom. The largest absolute Gasteiger partial charge is 0.497 e. The molecule has 41 heavy (non-hydrogen) atoms. The first-order chi connectivity index (χ1) is 19.7. The number of benzene rings is 2. The van der Waals surface area contributed by atoms with E-state index in [-0.39, 0.29) is 24.8 Å². The van der Waals surface area contributed by atoms with E-state index in [9.17, 15) is 19.6 Å². The minimum Gasteiger partial charge on any atom is -0.497 e. The number of likely N-dealkylation sites (N-methyl/N-ethyl adjacent to an activating group) is 2. The predicted octanol–water partition coefficient (Wildman–Crippen LogP) is 2.54. The molecule has 2 aliphatic heterocycles. The fourth-order valence-electron chi connectivity index (χ4n) is 5.42. The van der Waals surface area contributed by atoms with Crippen LogP contribution in [0, 0.1) is 0 Å². The van der Waals surface area contributed by atoms with Crippen LogP contribution in [-0.4, -0.2) is 90.5 Å². The Morgan fingerprint density at radius 1 is 1.12 bits per heavy atom. The van der Waals surface area contributed by atoms with Crippen LogP contribution >= 0.6 is 0 Å². The Balaban J connectivity index is 1.44. The molecule has 1 atom stereocenters. The topological polar surface area (TPSA) is 140 Å². The Kier molecular flexibility index (Phi) is 7.59. The first kappa shape index (κ1) is 28.0. The number of rotatable bonds is 10. The third kappa shape index (κ3) is 5.06. The summed E-state index contributed by atoms with van der Waals surface area (Å²) in [4.78, 5) is 44.6. The van der Waals surface area contributed by atoms with E-state index in [2.05, 4.69) is 34.5 Å². The number of nitrogens with zero attached hydrogens (tertiary/aromatic N) is 4. The van der Waals surface area contributed by atoms with Crippen molar-refractivity contribution in [3.05, 3.63) is 64.9 Å². The number of hydrogen-bond acceptors (Lipinski definition) is 8. The van der Waals surface area contributed by atoms with E-state index < -0.39 is 17.5 Å². The van der Waals surface area contributed by atoms with Crippen molar-refractivity contribution in [3.63, 3.8) is 0 Å². The van der Waals surface area contributed by atoms with Gasteiger partial charge in [0, 0.05) is 43.2 Å². The normalized spacial score (nSPS) is 18.7. The number of amides is 4. The van der Waals surface area contributed by atoms with Crippen LogP contribution in [-0.2, 0) is 16.9 Å². The number of furan rings is 1. The summed E-state index contributed by atoms with van der Waals surface area (Å²) < 4.78 is 11.4. The number of fused-ring (bicyclic) bond motifs is 2. The maximum atomic E-state index is 13.3. The van der Waals surface area contributed by atoms with Crippen molar-refractivity contribution in [2.24, 2.45) is 5.16 Å². The molecule has 2 aromatic carbocycles. The molecule has 0 bridgehead atoms. The van der Waals surface area contributed by atoms with Crippen LogP contribution in [0.3, 0.4) is 0 Å². The lowest BCUT2D eigenvalue weighted by Crippen LogP contribution is -2.52. The molecule has 0 saturated carbocycles. The number of urea groups is 1. The molecular weight excluding hydrogens is 528 g/mol. The van der Waals surface area contributed by atoms with Crippen molar-refractivity contribution in [1.29, 1.82) is 0 Å². The molecule has 216 valence electrons. The molecule has 3 heterocycles. The molecule has 1 fully saturated rings. The van der Waals surface area contributed by atoms with E-state index in [0.29, 0.717) is 40.2 Å². The van der Waals surface area contributed by atoms with E-state index in [0.717, 1.165) is 25.2 Å². The summed E-state index contributed by atoms with van der Waals surface area (Å²) in [5.41, 5.74) is 0.778. The summed E-state index contributed by atoms with van der Waals surface area (Å²) in [6.45, 7) is 7.65. The van der Waals surface area contributed by atoms with Crippen molar-refractivity contribution in [2.45, 2.75) is 25.9 Å². The summed E-state index contributed by atoms with van der Waals surface area (Å²) >= 11 is 0. The second-order valence-corrected chi connectivity index (χ2v) is 10.2. The third-order valence-corrected chi connectivity index (χ3v) is 7.86. The maximum Gasteiger partial charge on any atom is 0.322 e. The van der Waals surface area contributed by atoms with Gasteiger partial charge in [0.2, 0.25) is 0 Å². The second-order valence-electron chi connectivity index (χ2n) is 10.2. The SMILES string of the molecule is CCN(CC)CCN(C)/C(=N/O)c1ccc2oc([C@]3(CN4Cc5ccc(OC)cc5C4=O)NC(=O)NC3=O)cc2c1. The van der Waals surface area contributed by atoms with Gasteiger partial charge >= 0.3 is 6.03 Å². The third-order valence-electron chi connectivity index (χ3n) is 7.86. The zero-order chi connectivity index (χ0) is 29.3. The van der Waals surface area contributed by atoms with E-state index >= 15 is 0 Å². The first-order valence-corrected chi connectivity index (χ1v) is 13.5. The van der Waals surface area contributed by atoms with Crippen molar-refractivity contribution in [2.75, 3.05) is 46.9 Å². The average Bonchev–Trinajstić information content (AvgIpc) is 3.62. The van der Waals surface area contributed by atoms with Crippen molar-refractivity contribution < 1.29 is 28.7 Å². The van der Waals surface area contributed by atoms with Gasteiger partial charge in [-0.1, -0.05) is 25.1 Å². The molecule has 0 unspecified atom stereocenters. The molecule has 12 heteroatoms. The van der Waals surface area contributed by atoms with Gasteiger partial charge in [0.1, 0.15) is 17.1 Å². The summed E-state index contributed by atoms with van der Waals surface area (Å²) in [5.74, 6) is 0.239. The van der Waals surface area contributed by atoms with Gasteiger partial charge in [-0.2, -0.15) is 0 Å².